The molecule has 0 fully saturated rings. The summed E-state index contributed by atoms with van der Waals surface area (Å²) in [6, 6.07) is 7.27. The average Bonchev–Trinajstić information content (AvgIpc) is 2.90. The minimum Gasteiger partial charge on any atom is -0.476 e. The third-order valence-corrected chi connectivity index (χ3v) is 3.09. The number of hydrogen-bond donors (Lipinski definition) is 2. The van der Waals surface area contributed by atoms with E-state index in [0.29, 0.717) is 6.54 Å². The van der Waals surface area contributed by atoms with Crippen molar-refractivity contribution in [1.29, 1.82) is 0 Å². The zero-order valence-electron chi connectivity index (χ0n) is 12.0. The largest absolute Gasteiger partial charge is 0.476 e. The van der Waals surface area contributed by atoms with Crippen LogP contribution < -0.4 is 5.32 Å². The van der Waals surface area contributed by atoms with Gasteiger partial charge in [0, 0.05) is 24.8 Å². The highest BCUT2D eigenvalue weighted by atomic mass is 16.4. The second-order valence-electron chi connectivity index (χ2n) is 4.89. The predicted octanol–water partition coefficient (Wildman–Crippen LogP) is 2.23. The van der Waals surface area contributed by atoms with Gasteiger partial charge in [0.05, 0.1) is 0 Å². The number of rotatable bonds is 5. The molecular weight excluding hydrogens is 270 g/mol. The molecule has 1 aromatic carbocycles. The number of hydrogen-bond acceptors (Lipinski definition) is 3. The Morgan fingerprint density at radius 3 is 2.71 bits per heavy atom. The van der Waals surface area contributed by atoms with Crippen LogP contribution >= 0.6 is 0 Å². The SMILES string of the molecule is Cc1ccc(C)c(NC(=O)CCn2ccc(C(=O)O)n2)c1. The quantitative estimate of drug-likeness (QED) is 0.883. The summed E-state index contributed by atoms with van der Waals surface area (Å²) in [6.45, 7) is 4.23. The highest BCUT2D eigenvalue weighted by Crippen LogP contribution is 2.16. The van der Waals surface area contributed by atoms with Crippen molar-refractivity contribution in [3.63, 3.8) is 0 Å². The molecule has 2 aromatic rings. The van der Waals surface area contributed by atoms with Gasteiger partial charge in [-0.25, -0.2) is 4.79 Å². The molecule has 0 spiro atoms. The van der Waals surface area contributed by atoms with Crippen molar-refractivity contribution in [2.45, 2.75) is 26.8 Å². The van der Waals surface area contributed by atoms with E-state index < -0.39 is 5.97 Å². The van der Waals surface area contributed by atoms with Crippen LogP contribution in [0.15, 0.2) is 30.5 Å². The van der Waals surface area contributed by atoms with Crippen molar-refractivity contribution in [3.05, 3.63) is 47.3 Å². The van der Waals surface area contributed by atoms with Gasteiger partial charge in [-0.2, -0.15) is 5.10 Å². The zero-order chi connectivity index (χ0) is 15.4. The van der Waals surface area contributed by atoms with Crippen LogP contribution in [0.1, 0.15) is 28.0 Å². The lowest BCUT2D eigenvalue weighted by Crippen LogP contribution is -2.15. The van der Waals surface area contributed by atoms with E-state index in [0.717, 1.165) is 16.8 Å². The van der Waals surface area contributed by atoms with Crippen molar-refractivity contribution in [1.82, 2.24) is 9.78 Å². The molecular formula is C15H17N3O3. The average molecular weight is 287 g/mol. The van der Waals surface area contributed by atoms with Crippen LogP contribution in [-0.2, 0) is 11.3 Å². The molecule has 0 aliphatic heterocycles. The summed E-state index contributed by atoms with van der Waals surface area (Å²) in [5.41, 5.74) is 2.85. The van der Waals surface area contributed by atoms with E-state index in [1.54, 1.807) is 6.20 Å². The Bertz CT molecular complexity index is 677. The van der Waals surface area contributed by atoms with Gasteiger partial charge in [0.1, 0.15) is 0 Å². The first-order chi connectivity index (χ1) is 9.95. The van der Waals surface area contributed by atoms with E-state index in [4.69, 9.17) is 5.11 Å². The number of nitrogens with one attached hydrogen (secondary N) is 1. The number of anilines is 1. The molecule has 1 aromatic heterocycles. The number of aromatic carboxylic acids is 1. The van der Waals surface area contributed by atoms with Crippen LogP contribution in [0.5, 0.6) is 0 Å². The highest BCUT2D eigenvalue weighted by molar-refractivity contribution is 5.91. The van der Waals surface area contributed by atoms with Gasteiger partial charge in [-0.1, -0.05) is 12.1 Å². The Morgan fingerprint density at radius 1 is 1.29 bits per heavy atom. The van der Waals surface area contributed by atoms with Crippen molar-refractivity contribution in [2.24, 2.45) is 0 Å². The maximum atomic E-state index is 11.9. The molecule has 6 nitrogen and oxygen atoms in total. The van der Waals surface area contributed by atoms with Gasteiger partial charge in [-0.3, -0.25) is 9.48 Å². The van der Waals surface area contributed by atoms with E-state index in [1.165, 1.54) is 10.7 Å². The molecule has 2 rings (SSSR count). The summed E-state index contributed by atoms with van der Waals surface area (Å²) >= 11 is 0. The van der Waals surface area contributed by atoms with Gasteiger partial charge < -0.3 is 10.4 Å². The second-order valence-corrected chi connectivity index (χ2v) is 4.89. The molecule has 0 saturated heterocycles. The maximum absolute atomic E-state index is 11.9. The second kappa shape index (κ2) is 6.21. The lowest BCUT2D eigenvalue weighted by atomic mass is 10.1. The number of carboxylic acids is 1. The Morgan fingerprint density at radius 2 is 2.05 bits per heavy atom. The minimum absolute atomic E-state index is 0.0232. The Hall–Kier alpha value is -2.63. The maximum Gasteiger partial charge on any atom is 0.356 e. The smallest absolute Gasteiger partial charge is 0.356 e. The van der Waals surface area contributed by atoms with Gasteiger partial charge in [0.2, 0.25) is 5.91 Å². The Labute approximate surface area is 122 Å². The van der Waals surface area contributed by atoms with Crippen LogP contribution in [0.4, 0.5) is 5.69 Å². The highest BCUT2D eigenvalue weighted by Gasteiger charge is 2.09. The zero-order valence-corrected chi connectivity index (χ0v) is 12.0. The van der Waals surface area contributed by atoms with Crippen molar-refractivity contribution >= 4 is 17.6 Å². The lowest BCUT2D eigenvalue weighted by Gasteiger charge is -2.09. The molecule has 2 N–H and O–H groups in total. The number of amides is 1. The fourth-order valence-electron chi connectivity index (χ4n) is 1.90. The molecule has 0 radical (unpaired) electrons. The van der Waals surface area contributed by atoms with E-state index >= 15 is 0 Å². The summed E-state index contributed by atoms with van der Waals surface area (Å²) in [4.78, 5) is 22.6. The number of benzene rings is 1. The van der Waals surface area contributed by atoms with Gasteiger partial charge in [0.15, 0.2) is 5.69 Å². The Kier molecular flexibility index (Phi) is 4.37. The molecule has 0 bridgehead atoms. The first-order valence-electron chi connectivity index (χ1n) is 6.59. The van der Waals surface area contributed by atoms with E-state index in [-0.39, 0.29) is 18.0 Å². The van der Waals surface area contributed by atoms with E-state index in [1.807, 2.05) is 32.0 Å². The number of carbonyl (C=O) groups excluding carboxylic acids is 1. The Balaban J connectivity index is 1.92. The monoisotopic (exact) mass is 287 g/mol. The normalized spacial score (nSPS) is 10.4. The van der Waals surface area contributed by atoms with Gasteiger partial charge in [-0.15, -0.1) is 0 Å². The molecule has 1 amide bonds. The molecule has 0 atom stereocenters. The van der Waals surface area contributed by atoms with E-state index in [2.05, 4.69) is 10.4 Å². The lowest BCUT2D eigenvalue weighted by molar-refractivity contribution is -0.116. The standard InChI is InChI=1S/C15H17N3O3/c1-10-3-4-11(2)13(9-10)16-14(19)6-8-18-7-5-12(17-18)15(20)21/h3-5,7,9H,6,8H2,1-2H3,(H,16,19)(H,20,21). The minimum atomic E-state index is -1.08. The predicted molar refractivity (Wildman–Crippen MR) is 78.3 cm³/mol. The molecule has 0 aliphatic rings. The third-order valence-electron chi connectivity index (χ3n) is 3.09. The summed E-state index contributed by atoms with van der Waals surface area (Å²) in [7, 11) is 0. The van der Waals surface area contributed by atoms with Crippen LogP contribution in [0, 0.1) is 13.8 Å². The van der Waals surface area contributed by atoms with Crippen molar-refractivity contribution in [2.75, 3.05) is 5.32 Å². The molecule has 0 aliphatic carbocycles. The molecule has 0 saturated carbocycles. The molecule has 1 heterocycles. The molecule has 21 heavy (non-hydrogen) atoms. The number of carbonyl (C=O) groups is 2. The summed E-state index contributed by atoms with van der Waals surface area (Å²) in [6.07, 6.45) is 1.78. The first kappa shape index (κ1) is 14.8. The van der Waals surface area contributed by atoms with E-state index in [9.17, 15) is 9.59 Å². The van der Waals surface area contributed by atoms with Crippen molar-refractivity contribution < 1.29 is 14.7 Å². The third kappa shape index (κ3) is 3.92. The number of carboxylic acid groups (broad SMARTS) is 1. The molecule has 6 heteroatoms. The van der Waals surface area contributed by atoms with Crippen LogP contribution in [0.25, 0.3) is 0 Å². The van der Waals surface area contributed by atoms with Gasteiger partial charge in [-0.05, 0) is 37.1 Å². The van der Waals surface area contributed by atoms with Gasteiger partial charge >= 0.3 is 5.97 Å². The van der Waals surface area contributed by atoms with Crippen molar-refractivity contribution in [3.8, 4) is 0 Å². The number of aromatic nitrogens is 2. The van der Waals surface area contributed by atoms with Crippen LogP contribution in [0.2, 0.25) is 0 Å². The van der Waals surface area contributed by atoms with Gasteiger partial charge in [0.25, 0.3) is 0 Å². The summed E-state index contributed by atoms with van der Waals surface area (Å²) in [5.74, 6) is -1.20. The summed E-state index contributed by atoms with van der Waals surface area (Å²) in [5, 5.41) is 15.5. The summed E-state index contributed by atoms with van der Waals surface area (Å²) < 4.78 is 1.45. The fraction of sp³-hybridized carbons (Fsp3) is 0.267. The number of aryl methyl sites for hydroxylation is 3. The topological polar surface area (TPSA) is 84.2 Å². The number of nitrogens with zero attached hydrogens (tertiary/aromatic N) is 2. The molecule has 110 valence electrons. The van der Waals surface area contributed by atoms with Crippen LogP contribution in [-0.4, -0.2) is 26.8 Å². The van der Waals surface area contributed by atoms with Crippen LogP contribution in [0.3, 0.4) is 0 Å². The first-order valence-corrected chi connectivity index (χ1v) is 6.59. The molecule has 0 unspecified atom stereocenters. The fourth-order valence-corrected chi connectivity index (χ4v) is 1.90.